The van der Waals surface area contributed by atoms with E-state index in [-0.39, 0.29) is 6.04 Å². The Labute approximate surface area is 118 Å². The van der Waals surface area contributed by atoms with Crippen LogP contribution >= 0.6 is 11.3 Å². The number of phenols is 1. The first kappa shape index (κ1) is 14.0. The number of nitrogens with zero attached hydrogens (tertiary/aromatic N) is 1. The molecule has 0 radical (unpaired) electrons. The fourth-order valence-electron chi connectivity index (χ4n) is 2.17. The monoisotopic (exact) mass is 276 g/mol. The quantitative estimate of drug-likeness (QED) is 0.896. The molecule has 0 spiro atoms. The Morgan fingerprint density at radius 1 is 1.32 bits per heavy atom. The lowest BCUT2D eigenvalue weighted by Gasteiger charge is -2.14. The van der Waals surface area contributed by atoms with E-state index in [1.807, 2.05) is 39.0 Å². The second-order valence-corrected chi connectivity index (χ2v) is 6.10. The second-order valence-electron chi connectivity index (χ2n) is 4.87. The average molecular weight is 276 g/mol. The van der Waals surface area contributed by atoms with Gasteiger partial charge in [-0.15, -0.1) is 11.3 Å². The van der Waals surface area contributed by atoms with E-state index in [4.69, 9.17) is 0 Å². The number of hydrogen-bond acceptors (Lipinski definition) is 4. The first-order chi connectivity index (χ1) is 8.99. The Hall–Kier alpha value is -1.39. The zero-order chi connectivity index (χ0) is 14.0. The Morgan fingerprint density at radius 3 is 2.68 bits per heavy atom. The van der Waals surface area contributed by atoms with E-state index in [1.54, 1.807) is 11.3 Å². The van der Waals surface area contributed by atoms with Crippen molar-refractivity contribution in [2.45, 2.75) is 40.3 Å². The van der Waals surface area contributed by atoms with Crippen molar-refractivity contribution in [3.05, 3.63) is 44.9 Å². The number of hydrogen-bond donors (Lipinski definition) is 2. The molecule has 1 atom stereocenters. The number of para-hydroxylation sites is 1. The molecule has 3 nitrogen and oxygen atoms in total. The van der Waals surface area contributed by atoms with Gasteiger partial charge in [-0.3, -0.25) is 0 Å². The average Bonchev–Trinajstić information content (AvgIpc) is 2.70. The minimum absolute atomic E-state index is 0.242. The van der Waals surface area contributed by atoms with Gasteiger partial charge in [0.15, 0.2) is 0 Å². The summed E-state index contributed by atoms with van der Waals surface area (Å²) in [5.41, 5.74) is 2.94. The highest BCUT2D eigenvalue weighted by molar-refractivity contribution is 7.11. The highest BCUT2D eigenvalue weighted by Gasteiger charge is 2.13. The third-order valence-corrected chi connectivity index (χ3v) is 4.51. The lowest BCUT2D eigenvalue weighted by Crippen LogP contribution is -2.18. The summed E-state index contributed by atoms with van der Waals surface area (Å²) in [7, 11) is 0. The van der Waals surface area contributed by atoms with Crippen molar-refractivity contribution in [2.24, 2.45) is 0 Å². The summed E-state index contributed by atoms with van der Waals surface area (Å²) in [5, 5.41) is 14.5. The van der Waals surface area contributed by atoms with Gasteiger partial charge in [0.2, 0.25) is 0 Å². The molecule has 102 valence electrons. The molecule has 0 amide bonds. The van der Waals surface area contributed by atoms with Crippen LogP contribution in [0.2, 0.25) is 0 Å². The van der Waals surface area contributed by atoms with Crippen molar-refractivity contribution in [3.63, 3.8) is 0 Å². The molecule has 1 unspecified atom stereocenters. The Morgan fingerprint density at radius 2 is 2.05 bits per heavy atom. The van der Waals surface area contributed by atoms with Gasteiger partial charge < -0.3 is 10.4 Å². The molecule has 2 rings (SSSR count). The number of nitrogens with one attached hydrogen (secondary N) is 1. The maximum atomic E-state index is 9.99. The first-order valence-electron chi connectivity index (χ1n) is 6.43. The largest absolute Gasteiger partial charge is 0.507 e. The summed E-state index contributed by atoms with van der Waals surface area (Å²) >= 11 is 1.73. The molecule has 0 saturated heterocycles. The molecule has 0 aliphatic rings. The van der Waals surface area contributed by atoms with E-state index in [0.717, 1.165) is 21.8 Å². The summed E-state index contributed by atoms with van der Waals surface area (Å²) in [6.07, 6.45) is 0. The maximum Gasteiger partial charge on any atom is 0.122 e. The Balaban J connectivity index is 2.06. The van der Waals surface area contributed by atoms with Crippen LogP contribution in [-0.4, -0.2) is 10.1 Å². The van der Waals surface area contributed by atoms with Crippen molar-refractivity contribution < 1.29 is 5.11 Å². The van der Waals surface area contributed by atoms with Gasteiger partial charge in [0.25, 0.3) is 0 Å². The van der Waals surface area contributed by atoms with E-state index in [9.17, 15) is 5.11 Å². The van der Waals surface area contributed by atoms with E-state index in [0.29, 0.717) is 12.3 Å². The molecular formula is C15H20N2OS. The molecule has 1 heterocycles. The van der Waals surface area contributed by atoms with Gasteiger partial charge in [0.1, 0.15) is 5.75 Å². The number of rotatable bonds is 4. The number of aromatic hydroxyl groups is 1. The maximum absolute atomic E-state index is 9.99. The predicted octanol–water partition coefficient (Wildman–Crippen LogP) is 3.62. The first-order valence-corrected chi connectivity index (χ1v) is 7.25. The standard InChI is InChI=1S/C15H20N2OS/c1-9-6-5-7-13(14(9)18)8-16-10(2)15-11(3)17-12(4)19-15/h5-7,10,16,18H,8H2,1-4H3. The van der Waals surface area contributed by atoms with Gasteiger partial charge in [-0.25, -0.2) is 4.98 Å². The minimum atomic E-state index is 0.242. The van der Waals surface area contributed by atoms with Crippen molar-refractivity contribution in [1.82, 2.24) is 10.3 Å². The molecule has 19 heavy (non-hydrogen) atoms. The molecule has 2 aromatic rings. The summed E-state index contributed by atoms with van der Waals surface area (Å²) in [6.45, 7) is 8.78. The minimum Gasteiger partial charge on any atom is -0.507 e. The van der Waals surface area contributed by atoms with Gasteiger partial charge >= 0.3 is 0 Å². The van der Waals surface area contributed by atoms with Crippen LogP contribution in [0, 0.1) is 20.8 Å². The van der Waals surface area contributed by atoms with Crippen LogP contribution in [0.3, 0.4) is 0 Å². The number of thiazole rings is 1. The van der Waals surface area contributed by atoms with Crippen LogP contribution in [0.25, 0.3) is 0 Å². The number of aromatic nitrogens is 1. The lowest BCUT2D eigenvalue weighted by molar-refractivity contribution is 0.456. The van der Waals surface area contributed by atoms with Gasteiger partial charge in [-0.05, 0) is 33.3 Å². The SMILES string of the molecule is Cc1nc(C)c(C(C)NCc2cccc(C)c2O)s1. The van der Waals surface area contributed by atoms with Crippen molar-refractivity contribution >= 4 is 11.3 Å². The highest BCUT2D eigenvalue weighted by Crippen LogP contribution is 2.26. The fraction of sp³-hybridized carbons (Fsp3) is 0.400. The van der Waals surface area contributed by atoms with Crippen LogP contribution in [0.4, 0.5) is 0 Å². The van der Waals surface area contributed by atoms with E-state index in [1.165, 1.54) is 4.88 Å². The Bertz CT molecular complexity index is 578. The molecule has 0 saturated carbocycles. The predicted molar refractivity (Wildman–Crippen MR) is 79.7 cm³/mol. The van der Waals surface area contributed by atoms with Gasteiger partial charge in [0, 0.05) is 23.0 Å². The molecule has 1 aromatic carbocycles. The van der Waals surface area contributed by atoms with Crippen LogP contribution < -0.4 is 5.32 Å². The molecular weight excluding hydrogens is 256 g/mol. The summed E-state index contributed by atoms with van der Waals surface area (Å²) in [5.74, 6) is 0.388. The van der Waals surface area contributed by atoms with Crippen LogP contribution in [-0.2, 0) is 6.54 Å². The molecule has 2 N–H and O–H groups in total. The van der Waals surface area contributed by atoms with Crippen LogP contribution in [0.1, 0.15) is 39.7 Å². The third-order valence-electron chi connectivity index (χ3n) is 3.25. The van der Waals surface area contributed by atoms with Crippen molar-refractivity contribution in [3.8, 4) is 5.75 Å². The molecule has 0 fully saturated rings. The topological polar surface area (TPSA) is 45.2 Å². The smallest absolute Gasteiger partial charge is 0.122 e. The van der Waals surface area contributed by atoms with E-state index >= 15 is 0 Å². The molecule has 4 heteroatoms. The van der Waals surface area contributed by atoms with Crippen LogP contribution in [0.15, 0.2) is 18.2 Å². The van der Waals surface area contributed by atoms with E-state index < -0.39 is 0 Å². The summed E-state index contributed by atoms with van der Waals surface area (Å²) < 4.78 is 0. The molecule has 0 aliphatic carbocycles. The molecule has 1 aromatic heterocycles. The summed E-state index contributed by atoms with van der Waals surface area (Å²) in [6, 6.07) is 6.08. The highest BCUT2D eigenvalue weighted by atomic mass is 32.1. The number of aryl methyl sites for hydroxylation is 3. The fourth-order valence-corrected chi connectivity index (χ4v) is 3.12. The number of phenolic OH excluding ortho intramolecular Hbond substituents is 1. The zero-order valence-electron chi connectivity index (χ0n) is 11.8. The molecule has 0 bridgehead atoms. The van der Waals surface area contributed by atoms with E-state index in [2.05, 4.69) is 17.2 Å². The number of benzene rings is 1. The summed E-state index contributed by atoms with van der Waals surface area (Å²) in [4.78, 5) is 5.72. The van der Waals surface area contributed by atoms with Crippen molar-refractivity contribution in [2.75, 3.05) is 0 Å². The second kappa shape index (κ2) is 5.72. The van der Waals surface area contributed by atoms with Crippen LogP contribution in [0.5, 0.6) is 5.75 Å². The lowest BCUT2D eigenvalue weighted by atomic mass is 10.1. The van der Waals surface area contributed by atoms with Gasteiger partial charge in [-0.1, -0.05) is 18.2 Å². The van der Waals surface area contributed by atoms with Gasteiger partial charge in [-0.2, -0.15) is 0 Å². The normalized spacial score (nSPS) is 12.6. The molecule has 0 aliphatic heterocycles. The third kappa shape index (κ3) is 3.14. The van der Waals surface area contributed by atoms with Gasteiger partial charge in [0.05, 0.1) is 10.7 Å². The zero-order valence-corrected chi connectivity index (χ0v) is 12.6. The Kier molecular flexibility index (Phi) is 4.22. The van der Waals surface area contributed by atoms with Crippen molar-refractivity contribution in [1.29, 1.82) is 0 Å².